The number of ether oxygens (including phenoxy) is 2. The second-order valence-electron chi connectivity index (χ2n) is 9.81. The van der Waals surface area contributed by atoms with Crippen LogP contribution >= 0.6 is 0 Å². The Morgan fingerprint density at radius 3 is 2.53 bits per heavy atom. The number of methoxy groups -OCH3 is 1. The van der Waals surface area contributed by atoms with Crippen LogP contribution in [0.5, 0.6) is 0 Å². The van der Waals surface area contributed by atoms with Crippen LogP contribution in [0, 0.1) is 0 Å². The van der Waals surface area contributed by atoms with E-state index in [1.54, 1.807) is 7.11 Å². The summed E-state index contributed by atoms with van der Waals surface area (Å²) in [7, 11) is 1.68. The van der Waals surface area contributed by atoms with Crippen LogP contribution in [0.2, 0.25) is 0 Å². The second-order valence-corrected chi connectivity index (χ2v) is 9.81. The Kier molecular flexibility index (Phi) is 3.34. The van der Waals surface area contributed by atoms with Gasteiger partial charge in [-0.1, -0.05) is 36.4 Å². The molecule has 2 aromatic heterocycles. The lowest BCUT2D eigenvalue weighted by Gasteiger charge is -2.46. The van der Waals surface area contributed by atoms with Gasteiger partial charge in [0, 0.05) is 41.6 Å². The summed E-state index contributed by atoms with van der Waals surface area (Å²) in [6.07, 6.45) is -1.28. The Balaban J connectivity index is 1.75. The van der Waals surface area contributed by atoms with Crippen molar-refractivity contribution in [1.29, 1.82) is 0 Å². The van der Waals surface area contributed by atoms with Gasteiger partial charge in [0.05, 0.1) is 27.6 Å². The molecule has 1 saturated heterocycles. The summed E-state index contributed by atoms with van der Waals surface area (Å²) < 4.78 is 17.2. The van der Waals surface area contributed by atoms with Crippen molar-refractivity contribution >= 4 is 49.5 Å². The predicted molar refractivity (Wildman–Crippen MR) is 129 cm³/mol. The average molecular weight is 453 g/mol. The highest BCUT2D eigenvalue weighted by atomic mass is 16.6. The third-order valence-corrected chi connectivity index (χ3v) is 8.24. The molecule has 170 valence electrons. The van der Waals surface area contributed by atoms with Gasteiger partial charge in [0.2, 0.25) is 0 Å². The van der Waals surface area contributed by atoms with Crippen molar-refractivity contribution < 1.29 is 19.4 Å². The van der Waals surface area contributed by atoms with E-state index in [4.69, 9.17) is 9.47 Å². The molecule has 0 aliphatic carbocycles. The minimum Gasteiger partial charge on any atom is -0.388 e. The number of carbonyl (C=O) groups is 1. The summed E-state index contributed by atoms with van der Waals surface area (Å²) >= 11 is 0. The number of benzene rings is 3. The molecule has 7 nitrogen and oxygen atoms in total. The van der Waals surface area contributed by atoms with Crippen molar-refractivity contribution in [2.75, 3.05) is 7.11 Å². The molecule has 0 radical (unpaired) electrons. The number of nitrogens with zero attached hydrogens (tertiary/aromatic N) is 2. The lowest BCUT2D eigenvalue weighted by molar-refractivity contribution is -0.279. The first-order valence-corrected chi connectivity index (χ1v) is 11.7. The molecule has 0 unspecified atom stereocenters. The molecular formula is C27H23N3O4. The maximum absolute atomic E-state index is 13.2. The molecule has 0 spiro atoms. The minimum atomic E-state index is -0.850. The van der Waals surface area contributed by atoms with Crippen LogP contribution in [0.4, 0.5) is 0 Å². The Morgan fingerprint density at radius 1 is 1.06 bits per heavy atom. The van der Waals surface area contributed by atoms with Crippen LogP contribution in [0.3, 0.4) is 0 Å². The number of carbonyl (C=O) groups excluding carboxylic acids is 1. The van der Waals surface area contributed by atoms with E-state index < -0.39 is 18.1 Å². The Hall–Kier alpha value is -3.39. The van der Waals surface area contributed by atoms with Gasteiger partial charge in [0.1, 0.15) is 12.2 Å². The number of aliphatic hydroxyl groups excluding tert-OH is 1. The molecule has 5 aromatic rings. The molecule has 8 rings (SSSR count). The van der Waals surface area contributed by atoms with Gasteiger partial charge in [0.15, 0.2) is 12.0 Å². The highest BCUT2D eigenvalue weighted by Crippen LogP contribution is 2.53. The van der Waals surface area contributed by atoms with E-state index in [1.165, 1.54) is 0 Å². The van der Waals surface area contributed by atoms with Crippen LogP contribution in [0.15, 0.2) is 48.5 Å². The predicted octanol–water partition coefficient (Wildman–Crippen LogP) is 4.13. The third kappa shape index (κ3) is 1.92. The van der Waals surface area contributed by atoms with Gasteiger partial charge < -0.3 is 29.0 Å². The third-order valence-electron chi connectivity index (χ3n) is 8.24. The van der Waals surface area contributed by atoms with E-state index >= 15 is 0 Å². The highest BCUT2D eigenvalue weighted by molar-refractivity contribution is 6.31. The van der Waals surface area contributed by atoms with E-state index in [-0.39, 0.29) is 12.0 Å². The maximum atomic E-state index is 13.2. The van der Waals surface area contributed by atoms with Gasteiger partial charge in [-0.3, -0.25) is 4.79 Å². The number of aromatic nitrogens is 2. The largest absolute Gasteiger partial charge is 0.388 e. The molecule has 3 aromatic carbocycles. The Labute approximate surface area is 194 Å². The molecule has 3 aliphatic rings. The first-order valence-electron chi connectivity index (χ1n) is 11.7. The Morgan fingerprint density at radius 2 is 1.76 bits per heavy atom. The van der Waals surface area contributed by atoms with E-state index in [0.29, 0.717) is 13.0 Å². The molecule has 0 saturated carbocycles. The molecule has 5 heterocycles. The zero-order valence-electron chi connectivity index (χ0n) is 18.8. The molecule has 2 N–H and O–H groups in total. The number of hydrogen-bond acceptors (Lipinski definition) is 4. The lowest BCUT2D eigenvalue weighted by atomic mass is 9.96. The second kappa shape index (κ2) is 5.99. The number of rotatable bonds is 1. The van der Waals surface area contributed by atoms with Crippen molar-refractivity contribution in [2.24, 2.45) is 0 Å². The zero-order valence-corrected chi connectivity index (χ0v) is 18.8. The fourth-order valence-electron chi connectivity index (χ4n) is 6.89. The normalized spacial score (nSPS) is 27.7. The van der Waals surface area contributed by atoms with E-state index in [0.717, 1.165) is 54.7 Å². The quantitative estimate of drug-likeness (QED) is 0.400. The molecular weight excluding hydrogens is 430 g/mol. The molecule has 7 heteroatoms. The van der Waals surface area contributed by atoms with E-state index in [1.807, 2.05) is 24.3 Å². The van der Waals surface area contributed by atoms with Gasteiger partial charge in [-0.2, -0.15) is 0 Å². The van der Waals surface area contributed by atoms with Crippen LogP contribution in [0.1, 0.15) is 35.5 Å². The lowest BCUT2D eigenvalue weighted by Crippen LogP contribution is -2.53. The molecule has 34 heavy (non-hydrogen) atoms. The molecule has 4 atom stereocenters. The summed E-state index contributed by atoms with van der Waals surface area (Å²) in [6, 6.07) is 16.4. The first kappa shape index (κ1) is 19.0. The SMILES string of the molecule is CO[C@@H]1C[C@@H](O)[C@H]2O[C@]1(C)n1c3ccccc3c3c4c(c5c6ccccc6n2c5c31)C(=O)NC4. The summed E-state index contributed by atoms with van der Waals surface area (Å²) in [5.74, 6) is -0.0497. The van der Waals surface area contributed by atoms with Gasteiger partial charge in [-0.05, 0) is 24.6 Å². The summed E-state index contributed by atoms with van der Waals surface area (Å²) in [4.78, 5) is 13.2. The average Bonchev–Trinajstić information content (AvgIpc) is 3.48. The molecule has 2 bridgehead atoms. The highest BCUT2D eigenvalue weighted by Gasteiger charge is 2.52. The fraction of sp³-hybridized carbons (Fsp3) is 0.296. The topological polar surface area (TPSA) is 77.7 Å². The number of amides is 1. The zero-order chi connectivity index (χ0) is 22.9. The maximum Gasteiger partial charge on any atom is 0.252 e. The molecule has 1 fully saturated rings. The minimum absolute atomic E-state index is 0.0497. The van der Waals surface area contributed by atoms with E-state index in [2.05, 4.69) is 45.6 Å². The fourth-order valence-corrected chi connectivity index (χ4v) is 6.89. The van der Waals surface area contributed by atoms with Gasteiger partial charge in [0.25, 0.3) is 5.91 Å². The van der Waals surface area contributed by atoms with Crippen molar-refractivity contribution in [3.05, 3.63) is 59.7 Å². The molecule has 1 amide bonds. The number of fused-ring (bicyclic) bond motifs is 13. The van der Waals surface area contributed by atoms with Crippen molar-refractivity contribution in [2.45, 2.75) is 44.1 Å². The van der Waals surface area contributed by atoms with Crippen LogP contribution < -0.4 is 5.32 Å². The van der Waals surface area contributed by atoms with Crippen LogP contribution in [-0.2, 0) is 21.7 Å². The Bertz CT molecular complexity index is 1730. The van der Waals surface area contributed by atoms with E-state index in [9.17, 15) is 9.90 Å². The first-order chi connectivity index (χ1) is 16.5. The van der Waals surface area contributed by atoms with Gasteiger partial charge in [-0.15, -0.1) is 0 Å². The van der Waals surface area contributed by atoms with Gasteiger partial charge in [-0.25, -0.2) is 0 Å². The van der Waals surface area contributed by atoms with Crippen LogP contribution in [0.25, 0.3) is 43.6 Å². The van der Waals surface area contributed by atoms with Crippen molar-refractivity contribution in [3.63, 3.8) is 0 Å². The smallest absolute Gasteiger partial charge is 0.252 e. The number of aliphatic hydroxyl groups is 1. The number of nitrogens with one attached hydrogen (secondary N) is 1. The summed E-state index contributed by atoms with van der Waals surface area (Å²) in [5.41, 5.74) is 4.87. The summed E-state index contributed by atoms with van der Waals surface area (Å²) in [5, 5.41) is 18.5. The number of para-hydroxylation sites is 2. The number of hydrogen-bond donors (Lipinski definition) is 2. The molecule has 3 aliphatic heterocycles. The van der Waals surface area contributed by atoms with Crippen molar-refractivity contribution in [1.82, 2.24) is 14.5 Å². The van der Waals surface area contributed by atoms with Crippen molar-refractivity contribution in [3.8, 4) is 0 Å². The van der Waals surface area contributed by atoms with Crippen LogP contribution in [-0.4, -0.2) is 39.5 Å². The monoisotopic (exact) mass is 453 g/mol. The summed E-state index contributed by atoms with van der Waals surface area (Å²) in [6.45, 7) is 2.55. The van der Waals surface area contributed by atoms with Gasteiger partial charge >= 0.3 is 0 Å². The standard InChI is InChI=1S/C27H23N3O4/c1-27-19(33-2)11-18(31)26(34-27)29-16-9-5-3-7-13(16)21-22-15(12-28-25(22)32)20-14-8-4-6-10-17(14)30(27)24(20)23(21)29/h3-10,18-19,26,31H,11-12H2,1-2H3,(H,28,32)/t18-,19-,26-,27+/m1/s1.